The molecule has 0 amide bonds. The number of pyridine rings is 1. The van der Waals surface area contributed by atoms with Crippen LogP contribution in [0.2, 0.25) is 0 Å². The molecular formula is C24H29N7OS. The zero-order chi connectivity index (χ0) is 23.6. The maximum absolute atomic E-state index is 4.90. The highest BCUT2D eigenvalue weighted by molar-refractivity contribution is 8.01. The minimum absolute atomic E-state index is 0.158. The van der Waals surface area contributed by atoms with Crippen LogP contribution in [0.4, 0.5) is 5.95 Å². The van der Waals surface area contributed by atoms with E-state index in [1.807, 2.05) is 73.6 Å². The first-order chi connectivity index (χ1) is 16.0. The average Bonchev–Trinajstić information content (AvgIpc) is 3.22. The van der Waals surface area contributed by atoms with Crippen molar-refractivity contribution < 1.29 is 4.74 Å². The molecule has 0 spiro atoms. The lowest BCUT2D eigenvalue weighted by Gasteiger charge is -2.18. The molecule has 1 N–H and O–H groups in total. The van der Waals surface area contributed by atoms with E-state index in [0.717, 1.165) is 22.5 Å². The van der Waals surface area contributed by atoms with Crippen LogP contribution in [0.3, 0.4) is 0 Å². The summed E-state index contributed by atoms with van der Waals surface area (Å²) >= 11 is 1.56. The number of rotatable bonds is 10. The Kier molecular flexibility index (Phi) is 8.77. The van der Waals surface area contributed by atoms with Gasteiger partial charge in [-0.05, 0) is 55.1 Å². The molecule has 0 fully saturated rings. The minimum atomic E-state index is 0.158. The fraction of sp³-hybridized carbons (Fsp3) is 0.292. The first kappa shape index (κ1) is 24.2. The van der Waals surface area contributed by atoms with Crippen molar-refractivity contribution in [3.8, 4) is 11.4 Å². The molecule has 0 bridgehead atoms. The number of nitrogens with one attached hydrogen (secondary N) is 1. The smallest absolute Gasteiger partial charge is 0.239 e. The van der Waals surface area contributed by atoms with Gasteiger partial charge in [0.05, 0.1) is 13.4 Å². The van der Waals surface area contributed by atoms with Crippen LogP contribution >= 0.6 is 11.9 Å². The van der Waals surface area contributed by atoms with Crippen LogP contribution in [0.5, 0.6) is 0 Å². The number of aromatic nitrogens is 6. The summed E-state index contributed by atoms with van der Waals surface area (Å²) in [5.41, 5.74) is 3.00. The second kappa shape index (κ2) is 12.0. The van der Waals surface area contributed by atoms with Crippen molar-refractivity contribution in [3.05, 3.63) is 78.4 Å². The number of nitrogens with zero attached hydrogens (tertiary/aromatic N) is 6. The third kappa shape index (κ3) is 6.76. The number of ether oxygens (including phenoxy) is 1. The lowest BCUT2D eigenvalue weighted by Crippen LogP contribution is -2.14. The van der Waals surface area contributed by atoms with Crippen LogP contribution < -0.4 is 4.72 Å². The van der Waals surface area contributed by atoms with E-state index >= 15 is 0 Å². The zero-order valence-corrected chi connectivity index (χ0v) is 20.3. The largest absolute Gasteiger partial charge is 0.504 e. The van der Waals surface area contributed by atoms with Crippen LogP contribution in [-0.2, 0) is 4.74 Å². The van der Waals surface area contributed by atoms with Gasteiger partial charge in [0.1, 0.15) is 5.82 Å². The first-order valence-electron chi connectivity index (χ1n) is 10.6. The molecule has 0 saturated carbocycles. The highest BCUT2D eigenvalue weighted by Crippen LogP contribution is 2.28. The Labute approximate surface area is 199 Å². The molecule has 9 heteroatoms. The second-order valence-electron chi connectivity index (χ2n) is 7.59. The van der Waals surface area contributed by atoms with Crippen LogP contribution in [0.1, 0.15) is 36.7 Å². The van der Waals surface area contributed by atoms with Crippen LogP contribution in [0.15, 0.2) is 61.4 Å². The zero-order valence-electron chi connectivity index (χ0n) is 19.5. The van der Waals surface area contributed by atoms with Crippen molar-refractivity contribution in [2.75, 3.05) is 11.8 Å². The van der Waals surface area contributed by atoms with Crippen molar-refractivity contribution in [2.45, 2.75) is 38.9 Å². The lowest BCUT2D eigenvalue weighted by atomic mass is 10.1. The average molecular weight is 464 g/mol. The fourth-order valence-electron chi connectivity index (χ4n) is 2.86. The van der Waals surface area contributed by atoms with Gasteiger partial charge in [-0.1, -0.05) is 26.0 Å². The molecule has 2 atom stereocenters. The number of anilines is 1. The summed E-state index contributed by atoms with van der Waals surface area (Å²) in [6.45, 7) is 8.25. The number of allylic oxidation sites excluding steroid dienone is 4. The van der Waals surface area contributed by atoms with Gasteiger partial charge in [-0.25, -0.2) is 9.97 Å². The summed E-state index contributed by atoms with van der Waals surface area (Å²) in [6.07, 6.45) is 18.3. The van der Waals surface area contributed by atoms with E-state index in [2.05, 4.69) is 43.7 Å². The van der Waals surface area contributed by atoms with E-state index in [9.17, 15) is 0 Å². The van der Waals surface area contributed by atoms with E-state index in [1.165, 1.54) is 0 Å². The van der Waals surface area contributed by atoms with Gasteiger partial charge in [-0.2, -0.15) is 0 Å². The van der Waals surface area contributed by atoms with Gasteiger partial charge in [-0.3, -0.25) is 14.3 Å². The van der Waals surface area contributed by atoms with Crippen LogP contribution in [0.25, 0.3) is 17.6 Å². The predicted molar refractivity (Wildman–Crippen MR) is 134 cm³/mol. The quantitative estimate of drug-likeness (QED) is 0.250. The molecule has 0 radical (unpaired) electrons. The predicted octanol–water partition coefficient (Wildman–Crippen LogP) is 5.19. The molecule has 0 aromatic carbocycles. The van der Waals surface area contributed by atoms with E-state index in [1.54, 1.807) is 31.5 Å². The Morgan fingerprint density at radius 3 is 2.45 bits per heavy atom. The summed E-state index contributed by atoms with van der Waals surface area (Å²) in [5, 5.41) is 8.99. The number of aryl methyl sites for hydroxylation is 2. The summed E-state index contributed by atoms with van der Waals surface area (Å²) in [6, 6.07) is 2.04. The third-order valence-corrected chi connectivity index (χ3v) is 5.94. The number of methoxy groups -OCH3 is 1. The van der Waals surface area contributed by atoms with Gasteiger partial charge in [0.25, 0.3) is 0 Å². The van der Waals surface area contributed by atoms with Gasteiger partial charge in [0, 0.05) is 47.7 Å². The summed E-state index contributed by atoms with van der Waals surface area (Å²) in [5.74, 6) is 2.31. The molecule has 8 nitrogen and oxygen atoms in total. The molecule has 3 heterocycles. The Morgan fingerprint density at radius 1 is 0.970 bits per heavy atom. The molecule has 0 aliphatic rings. The van der Waals surface area contributed by atoms with Crippen molar-refractivity contribution in [1.82, 2.24) is 29.7 Å². The van der Waals surface area contributed by atoms with Gasteiger partial charge in [0.15, 0.2) is 5.82 Å². The first-order valence-corrected chi connectivity index (χ1v) is 11.5. The van der Waals surface area contributed by atoms with Crippen LogP contribution in [0, 0.1) is 13.8 Å². The molecule has 3 rings (SSSR count). The Hall–Kier alpha value is -3.46. The maximum atomic E-state index is 4.90. The minimum Gasteiger partial charge on any atom is -0.504 e. The summed E-state index contributed by atoms with van der Waals surface area (Å²) in [7, 11) is 1.61. The highest BCUT2D eigenvalue weighted by Gasteiger charge is 2.20. The lowest BCUT2D eigenvalue weighted by molar-refractivity contribution is 0.338. The van der Waals surface area contributed by atoms with E-state index in [0.29, 0.717) is 11.8 Å². The molecule has 2 unspecified atom stereocenters. The van der Waals surface area contributed by atoms with Crippen molar-refractivity contribution in [2.24, 2.45) is 0 Å². The molecule has 0 aliphatic carbocycles. The van der Waals surface area contributed by atoms with Gasteiger partial charge < -0.3 is 4.74 Å². The van der Waals surface area contributed by atoms with Crippen molar-refractivity contribution in [3.63, 3.8) is 0 Å². The molecule has 172 valence electrons. The van der Waals surface area contributed by atoms with Gasteiger partial charge >= 0.3 is 0 Å². The molecule has 0 aliphatic heterocycles. The Morgan fingerprint density at radius 2 is 1.73 bits per heavy atom. The summed E-state index contributed by atoms with van der Waals surface area (Å²) in [4.78, 5) is 13.2. The maximum Gasteiger partial charge on any atom is 0.239 e. The molecular weight excluding hydrogens is 434 g/mol. The Balaban J connectivity index is 1.80. The van der Waals surface area contributed by atoms with Gasteiger partial charge in [0.2, 0.25) is 5.95 Å². The van der Waals surface area contributed by atoms with E-state index in [4.69, 9.17) is 4.74 Å². The molecule has 33 heavy (non-hydrogen) atoms. The third-order valence-electron chi connectivity index (χ3n) is 4.86. The topological polar surface area (TPSA) is 90.6 Å². The summed E-state index contributed by atoms with van der Waals surface area (Å²) < 4.78 is 10.2. The van der Waals surface area contributed by atoms with Crippen LogP contribution in [-0.4, -0.2) is 42.1 Å². The van der Waals surface area contributed by atoms with E-state index in [-0.39, 0.29) is 11.2 Å². The SMILES string of the molecule is CO/C=C/C=C\C=C\n1c(NSC(C)C(C)c2ncc(C)cn2)nnc1-c1cncc(C)c1. The standard InChI is InChI=1S/C24H29N7OS/c1-17-12-21(16-25-13-17)23-28-29-24(31(23)10-8-6-7-9-11-32-5)30-33-20(4)19(3)22-26-14-18(2)15-27-22/h6-16,19-20H,1-5H3,(H,29,30)/b7-6-,10-8+,11-9+. The Bertz CT molecular complexity index is 1120. The fourth-order valence-corrected chi connectivity index (χ4v) is 3.62. The highest BCUT2D eigenvalue weighted by atomic mass is 32.2. The molecule has 3 aromatic rings. The molecule has 0 saturated heterocycles. The van der Waals surface area contributed by atoms with Crippen molar-refractivity contribution in [1.29, 1.82) is 0 Å². The van der Waals surface area contributed by atoms with Crippen molar-refractivity contribution >= 4 is 24.1 Å². The second-order valence-corrected chi connectivity index (χ2v) is 8.77. The van der Waals surface area contributed by atoms with Gasteiger partial charge in [-0.15, -0.1) is 10.2 Å². The normalized spacial score (nSPS) is 13.7. The number of hydrogen-bond donors (Lipinski definition) is 1. The monoisotopic (exact) mass is 463 g/mol. The molecule has 3 aromatic heterocycles. The van der Waals surface area contributed by atoms with E-state index < -0.39 is 0 Å². The number of hydrogen-bond acceptors (Lipinski definition) is 8.